The van der Waals surface area contributed by atoms with Gasteiger partial charge in [-0.3, -0.25) is 20.3 Å². The largest absolute Gasteiger partial charge is 0.457 e. The van der Waals surface area contributed by atoms with E-state index in [-0.39, 0.29) is 17.1 Å². The fourth-order valence-corrected chi connectivity index (χ4v) is 4.46. The number of fused-ring (bicyclic) bond motifs is 1. The molecule has 9 nitrogen and oxygen atoms in total. The molecule has 168 valence electrons. The molecule has 1 aromatic heterocycles. The Morgan fingerprint density at radius 1 is 1.12 bits per heavy atom. The van der Waals surface area contributed by atoms with Gasteiger partial charge >= 0.3 is 0 Å². The summed E-state index contributed by atoms with van der Waals surface area (Å²) in [6.45, 7) is 3.75. The average Bonchev–Trinajstić information content (AvgIpc) is 3.44. The summed E-state index contributed by atoms with van der Waals surface area (Å²) in [5.74, 6) is 0.214. The monoisotopic (exact) mass is 471 g/mol. The second-order valence-corrected chi connectivity index (χ2v) is 8.71. The zero-order chi connectivity index (χ0) is 24.0. The van der Waals surface area contributed by atoms with E-state index in [0.29, 0.717) is 32.9 Å². The van der Waals surface area contributed by atoms with Crippen molar-refractivity contribution in [2.75, 3.05) is 0 Å². The number of carbonyl (C=O) groups excluding carboxylic acids is 1. The smallest absolute Gasteiger partial charge is 0.283 e. The first kappa shape index (κ1) is 21.5. The van der Waals surface area contributed by atoms with Gasteiger partial charge in [0.25, 0.3) is 11.6 Å². The van der Waals surface area contributed by atoms with Crippen LogP contribution in [0.15, 0.2) is 74.7 Å². The van der Waals surface area contributed by atoms with E-state index in [1.54, 1.807) is 25.1 Å². The highest BCUT2D eigenvalue weighted by atomic mass is 32.2. The Morgan fingerprint density at radius 3 is 2.59 bits per heavy atom. The van der Waals surface area contributed by atoms with Crippen LogP contribution < -0.4 is 0 Å². The SMILES string of the molecule is Cc1ccc(C2=NN3C(=N)C(=Cc4ccc(-c5ccc([N+](=O)[O-])cc5C)o4)C(=O)N=C3S2)cc1. The van der Waals surface area contributed by atoms with Crippen LogP contribution in [-0.4, -0.2) is 31.9 Å². The molecular formula is C24H17N5O4S. The van der Waals surface area contributed by atoms with Crippen LogP contribution in [0.2, 0.25) is 0 Å². The molecule has 0 spiro atoms. The van der Waals surface area contributed by atoms with Crippen LogP contribution in [0.4, 0.5) is 5.69 Å². The minimum atomic E-state index is -0.548. The number of nitrogens with one attached hydrogen (secondary N) is 1. The summed E-state index contributed by atoms with van der Waals surface area (Å²) >= 11 is 1.24. The number of amides is 1. The minimum absolute atomic E-state index is 0.000826. The molecule has 2 aromatic carbocycles. The lowest BCUT2D eigenvalue weighted by Crippen LogP contribution is -2.35. The van der Waals surface area contributed by atoms with Crippen LogP contribution in [0.3, 0.4) is 0 Å². The van der Waals surface area contributed by atoms with Crippen molar-refractivity contribution in [3.8, 4) is 11.3 Å². The standard InChI is InChI=1S/C24H17N5O4S/c1-13-3-5-15(6-4-13)23-27-28-21(25)19(22(30)26-24(28)34-23)12-17-8-10-20(33-17)18-9-7-16(29(31)32)11-14(18)2/h3-12,25H,1-2H3. The molecule has 0 atom stereocenters. The molecule has 2 aliphatic rings. The zero-order valence-electron chi connectivity index (χ0n) is 18.1. The van der Waals surface area contributed by atoms with Crippen molar-refractivity contribution in [3.63, 3.8) is 0 Å². The van der Waals surface area contributed by atoms with E-state index >= 15 is 0 Å². The van der Waals surface area contributed by atoms with Gasteiger partial charge < -0.3 is 4.42 Å². The topological polar surface area (TPSA) is 125 Å². The third kappa shape index (κ3) is 3.84. The maximum Gasteiger partial charge on any atom is 0.283 e. The molecule has 3 heterocycles. The number of aryl methyl sites for hydroxylation is 2. The van der Waals surface area contributed by atoms with E-state index in [1.807, 2.05) is 31.2 Å². The van der Waals surface area contributed by atoms with Gasteiger partial charge in [-0.05, 0) is 55.4 Å². The van der Waals surface area contributed by atoms with Gasteiger partial charge in [0.15, 0.2) is 5.84 Å². The number of nitro benzene ring substituents is 1. The molecule has 0 aliphatic carbocycles. The normalized spacial score (nSPS) is 16.5. The zero-order valence-corrected chi connectivity index (χ0v) is 18.9. The van der Waals surface area contributed by atoms with Gasteiger partial charge in [0.1, 0.15) is 16.6 Å². The van der Waals surface area contributed by atoms with Crippen LogP contribution in [0.5, 0.6) is 0 Å². The number of benzene rings is 2. The third-order valence-corrected chi connectivity index (χ3v) is 6.31. The van der Waals surface area contributed by atoms with E-state index in [2.05, 4.69) is 10.1 Å². The summed E-state index contributed by atoms with van der Waals surface area (Å²) in [7, 11) is 0. The van der Waals surface area contributed by atoms with Crippen LogP contribution in [-0.2, 0) is 4.79 Å². The number of carbonyl (C=O) groups is 1. The molecule has 1 N–H and O–H groups in total. The fourth-order valence-electron chi connectivity index (χ4n) is 3.56. The van der Waals surface area contributed by atoms with Crippen molar-refractivity contribution in [3.05, 3.63) is 92.7 Å². The number of rotatable bonds is 4. The number of nitrogens with zero attached hydrogens (tertiary/aromatic N) is 4. The number of hydrogen-bond donors (Lipinski definition) is 1. The molecule has 0 unspecified atom stereocenters. The number of aliphatic imine (C=N–C) groups is 1. The van der Waals surface area contributed by atoms with Crippen molar-refractivity contribution in [1.82, 2.24) is 5.01 Å². The van der Waals surface area contributed by atoms with E-state index in [4.69, 9.17) is 9.83 Å². The summed E-state index contributed by atoms with van der Waals surface area (Å²) in [5.41, 5.74) is 3.44. The third-order valence-electron chi connectivity index (χ3n) is 5.35. The Balaban J connectivity index is 1.43. The van der Waals surface area contributed by atoms with Gasteiger partial charge in [-0.25, -0.2) is 0 Å². The maximum absolute atomic E-state index is 12.7. The van der Waals surface area contributed by atoms with Crippen LogP contribution in [0.25, 0.3) is 17.4 Å². The summed E-state index contributed by atoms with van der Waals surface area (Å²) in [6.07, 6.45) is 1.46. The summed E-state index contributed by atoms with van der Waals surface area (Å²) in [5, 5.41) is 26.3. The van der Waals surface area contributed by atoms with Crippen molar-refractivity contribution in [2.45, 2.75) is 13.8 Å². The Hall–Kier alpha value is -4.31. The second-order valence-electron chi connectivity index (χ2n) is 7.75. The van der Waals surface area contributed by atoms with Gasteiger partial charge in [0, 0.05) is 23.3 Å². The first-order valence-electron chi connectivity index (χ1n) is 10.2. The Kier molecular flexibility index (Phi) is 5.21. The van der Waals surface area contributed by atoms with Crippen LogP contribution >= 0.6 is 11.8 Å². The maximum atomic E-state index is 12.7. The Labute approximate surface area is 198 Å². The van der Waals surface area contributed by atoms with Crippen LogP contribution in [0, 0.1) is 29.4 Å². The molecule has 0 saturated carbocycles. The number of nitro groups is 1. The first-order chi connectivity index (χ1) is 16.3. The van der Waals surface area contributed by atoms with E-state index < -0.39 is 10.8 Å². The highest BCUT2D eigenvalue weighted by Gasteiger charge is 2.36. The Bertz CT molecular complexity index is 1470. The van der Waals surface area contributed by atoms with Gasteiger partial charge in [0.05, 0.1) is 10.5 Å². The van der Waals surface area contributed by atoms with Crippen molar-refractivity contribution in [2.24, 2.45) is 10.1 Å². The minimum Gasteiger partial charge on any atom is -0.457 e. The fraction of sp³-hybridized carbons (Fsp3) is 0.0833. The number of furan rings is 1. The number of thioether (sulfide) groups is 1. The van der Waals surface area contributed by atoms with E-state index in [9.17, 15) is 14.9 Å². The second kappa shape index (κ2) is 8.23. The van der Waals surface area contributed by atoms with Gasteiger partial charge in [0.2, 0.25) is 5.17 Å². The number of non-ortho nitro benzene ring substituents is 1. The van der Waals surface area contributed by atoms with Crippen molar-refractivity contribution in [1.29, 1.82) is 5.41 Å². The van der Waals surface area contributed by atoms with Crippen molar-refractivity contribution < 1.29 is 14.1 Å². The van der Waals surface area contributed by atoms with Gasteiger partial charge in [-0.1, -0.05) is 29.8 Å². The molecule has 0 bridgehead atoms. The lowest BCUT2D eigenvalue weighted by molar-refractivity contribution is -0.384. The van der Waals surface area contributed by atoms with E-state index in [0.717, 1.165) is 11.1 Å². The molecule has 5 rings (SSSR count). The predicted octanol–water partition coefficient (Wildman–Crippen LogP) is 5.14. The molecule has 0 fully saturated rings. The molecule has 10 heteroatoms. The quantitative estimate of drug-likeness (QED) is 0.319. The van der Waals surface area contributed by atoms with Crippen molar-refractivity contribution >= 4 is 45.5 Å². The van der Waals surface area contributed by atoms with Gasteiger partial charge in [-0.2, -0.15) is 15.1 Å². The summed E-state index contributed by atoms with van der Waals surface area (Å²) < 4.78 is 5.86. The Morgan fingerprint density at radius 2 is 1.88 bits per heavy atom. The number of hydrazone groups is 1. The summed E-state index contributed by atoms with van der Waals surface area (Å²) in [6, 6.07) is 15.7. The highest BCUT2D eigenvalue weighted by molar-refractivity contribution is 8.27. The molecule has 2 aliphatic heterocycles. The molecule has 3 aromatic rings. The molecular weight excluding hydrogens is 454 g/mol. The van der Waals surface area contributed by atoms with Crippen LogP contribution in [0.1, 0.15) is 22.5 Å². The molecule has 0 saturated heterocycles. The first-order valence-corrected chi connectivity index (χ1v) is 11.0. The number of amidine groups is 2. The van der Waals surface area contributed by atoms with E-state index in [1.165, 1.54) is 35.0 Å². The highest BCUT2D eigenvalue weighted by Crippen LogP contribution is 2.32. The lowest BCUT2D eigenvalue weighted by Gasteiger charge is -2.19. The molecule has 0 radical (unpaired) electrons. The summed E-state index contributed by atoms with van der Waals surface area (Å²) in [4.78, 5) is 27.3. The molecule has 1 amide bonds. The lowest BCUT2D eigenvalue weighted by atomic mass is 10.1. The van der Waals surface area contributed by atoms with Gasteiger partial charge in [-0.15, -0.1) is 0 Å². The molecule has 34 heavy (non-hydrogen) atoms. The number of hydrogen-bond acceptors (Lipinski definition) is 7. The average molecular weight is 471 g/mol. The predicted molar refractivity (Wildman–Crippen MR) is 131 cm³/mol.